The fourth-order valence-electron chi connectivity index (χ4n) is 2.95. The first-order chi connectivity index (χ1) is 6.58. The number of carbonyl (C=O) groups is 1. The van der Waals surface area contributed by atoms with Gasteiger partial charge >= 0.3 is 5.97 Å². The Morgan fingerprint density at radius 2 is 1.71 bits per heavy atom. The van der Waals surface area contributed by atoms with E-state index in [0.29, 0.717) is 6.42 Å². The van der Waals surface area contributed by atoms with Crippen molar-refractivity contribution in [3.8, 4) is 0 Å². The molecule has 0 amide bonds. The van der Waals surface area contributed by atoms with Crippen molar-refractivity contribution in [3.05, 3.63) is 0 Å². The Hall–Kier alpha value is -0.570. The lowest BCUT2D eigenvalue weighted by Gasteiger charge is -2.34. The van der Waals surface area contributed by atoms with Crippen molar-refractivity contribution >= 4 is 5.97 Å². The molecular formula is C11H18O3. The fraction of sp³-hybridized carbons (Fsp3) is 0.909. The first-order valence-corrected chi connectivity index (χ1v) is 5.52. The van der Waals surface area contributed by atoms with Gasteiger partial charge in [-0.15, -0.1) is 0 Å². The number of hydrogen-bond donors (Lipinski definition) is 2. The summed E-state index contributed by atoms with van der Waals surface area (Å²) in [7, 11) is 0. The van der Waals surface area contributed by atoms with Crippen molar-refractivity contribution in [1.82, 2.24) is 0 Å². The van der Waals surface area contributed by atoms with Crippen molar-refractivity contribution in [2.75, 3.05) is 0 Å². The third kappa shape index (κ3) is 1.54. The SMILES string of the molecule is O=C(O)CC1(O)CCCCCC12CC2. The fourth-order valence-corrected chi connectivity index (χ4v) is 2.95. The van der Waals surface area contributed by atoms with Crippen LogP contribution in [0.25, 0.3) is 0 Å². The largest absolute Gasteiger partial charge is 0.481 e. The van der Waals surface area contributed by atoms with Gasteiger partial charge in [0.2, 0.25) is 0 Å². The van der Waals surface area contributed by atoms with Gasteiger partial charge in [-0.25, -0.2) is 0 Å². The molecule has 0 heterocycles. The zero-order chi connectivity index (χ0) is 10.2. The van der Waals surface area contributed by atoms with E-state index in [1.807, 2.05) is 0 Å². The first kappa shape index (κ1) is 9.97. The minimum absolute atomic E-state index is 0.0259. The van der Waals surface area contributed by atoms with E-state index in [4.69, 9.17) is 5.11 Å². The van der Waals surface area contributed by atoms with Gasteiger partial charge in [0.05, 0.1) is 12.0 Å². The van der Waals surface area contributed by atoms with Crippen molar-refractivity contribution in [3.63, 3.8) is 0 Å². The van der Waals surface area contributed by atoms with Gasteiger partial charge in [-0.05, 0) is 31.1 Å². The maximum Gasteiger partial charge on any atom is 0.306 e. The molecule has 1 unspecified atom stereocenters. The van der Waals surface area contributed by atoms with Crippen LogP contribution in [0.5, 0.6) is 0 Å². The summed E-state index contributed by atoms with van der Waals surface area (Å²) in [6.45, 7) is 0. The van der Waals surface area contributed by atoms with Gasteiger partial charge in [0, 0.05) is 0 Å². The molecule has 2 fully saturated rings. The normalized spacial score (nSPS) is 35.2. The van der Waals surface area contributed by atoms with E-state index in [1.165, 1.54) is 0 Å². The molecule has 0 aromatic rings. The average molecular weight is 198 g/mol. The van der Waals surface area contributed by atoms with Gasteiger partial charge in [0.25, 0.3) is 0 Å². The topological polar surface area (TPSA) is 57.5 Å². The third-order valence-corrected chi connectivity index (χ3v) is 4.03. The van der Waals surface area contributed by atoms with Crippen LogP contribution in [0.4, 0.5) is 0 Å². The minimum atomic E-state index is -0.907. The summed E-state index contributed by atoms with van der Waals surface area (Å²) in [6.07, 6.45) is 6.97. The molecule has 3 heteroatoms. The smallest absolute Gasteiger partial charge is 0.306 e. The second kappa shape index (κ2) is 3.23. The zero-order valence-electron chi connectivity index (χ0n) is 8.46. The van der Waals surface area contributed by atoms with Gasteiger partial charge in [0.15, 0.2) is 0 Å². The predicted octanol–water partition coefficient (Wildman–Crippen LogP) is 1.94. The van der Waals surface area contributed by atoms with Crippen LogP contribution >= 0.6 is 0 Å². The molecule has 0 bridgehead atoms. The summed E-state index contributed by atoms with van der Waals surface area (Å²) in [5, 5.41) is 19.3. The van der Waals surface area contributed by atoms with E-state index in [1.54, 1.807) is 0 Å². The number of hydrogen-bond acceptors (Lipinski definition) is 2. The highest BCUT2D eigenvalue weighted by atomic mass is 16.4. The van der Waals surface area contributed by atoms with Crippen LogP contribution in [0.1, 0.15) is 51.4 Å². The number of carboxylic acids is 1. The third-order valence-electron chi connectivity index (χ3n) is 4.03. The molecule has 2 aliphatic carbocycles. The Bertz CT molecular complexity index is 245. The molecule has 2 N–H and O–H groups in total. The second-order valence-electron chi connectivity index (χ2n) is 4.94. The highest BCUT2D eigenvalue weighted by Crippen LogP contribution is 2.61. The molecule has 2 saturated carbocycles. The van der Waals surface area contributed by atoms with Gasteiger partial charge in [-0.1, -0.05) is 19.3 Å². The van der Waals surface area contributed by atoms with Crippen LogP contribution in [0.2, 0.25) is 0 Å². The van der Waals surface area contributed by atoms with Gasteiger partial charge < -0.3 is 10.2 Å². The Labute approximate surface area is 84.1 Å². The highest BCUT2D eigenvalue weighted by molar-refractivity contribution is 5.68. The molecule has 1 atom stereocenters. The summed E-state index contributed by atoms with van der Waals surface area (Å²) in [5.74, 6) is -0.860. The molecule has 3 nitrogen and oxygen atoms in total. The summed E-state index contributed by atoms with van der Waals surface area (Å²) in [4.78, 5) is 10.7. The summed E-state index contributed by atoms with van der Waals surface area (Å²) < 4.78 is 0. The minimum Gasteiger partial charge on any atom is -0.481 e. The lowest BCUT2D eigenvalue weighted by Crippen LogP contribution is -2.41. The molecule has 0 radical (unpaired) electrons. The Morgan fingerprint density at radius 3 is 2.29 bits per heavy atom. The van der Waals surface area contributed by atoms with Crippen LogP contribution in [0.3, 0.4) is 0 Å². The van der Waals surface area contributed by atoms with E-state index >= 15 is 0 Å². The van der Waals surface area contributed by atoms with Gasteiger partial charge in [-0.2, -0.15) is 0 Å². The monoisotopic (exact) mass is 198 g/mol. The Balaban J connectivity index is 2.15. The molecule has 14 heavy (non-hydrogen) atoms. The lowest BCUT2D eigenvalue weighted by molar-refractivity contribution is -0.146. The summed E-state index contributed by atoms with van der Waals surface area (Å²) >= 11 is 0. The van der Waals surface area contributed by atoms with Crippen LogP contribution in [0.15, 0.2) is 0 Å². The molecule has 2 rings (SSSR count). The second-order valence-corrected chi connectivity index (χ2v) is 4.94. The molecule has 0 aromatic heterocycles. The van der Waals surface area contributed by atoms with Crippen LogP contribution in [-0.4, -0.2) is 21.8 Å². The summed E-state index contributed by atoms with van der Waals surface area (Å²) in [5.41, 5.74) is -0.933. The van der Waals surface area contributed by atoms with E-state index in [2.05, 4.69) is 0 Å². The van der Waals surface area contributed by atoms with Crippen LogP contribution < -0.4 is 0 Å². The van der Waals surface area contributed by atoms with E-state index < -0.39 is 11.6 Å². The number of rotatable bonds is 2. The van der Waals surface area contributed by atoms with Crippen molar-refractivity contribution in [2.24, 2.45) is 5.41 Å². The average Bonchev–Trinajstić information content (AvgIpc) is 2.84. The molecule has 80 valence electrons. The van der Waals surface area contributed by atoms with Gasteiger partial charge in [0.1, 0.15) is 0 Å². The molecule has 1 spiro atoms. The molecule has 0 aromatic carbocycles. The predicted molar refractivity (Wildman–Crippen MR) is 52.0 cm³/mol. The Morgan fingerprint density at radius 1 is 1.07 bits per heavy atom. The van der Waals surface area contributed by atoms with E-state index in [-0.39, 0.29) is 11.8 Å². The quantitative estimate of drug-likeness (QED) is 0.712. The molecule has 2 aliphatic rings. The number of carboxylic acid groups (broad SMARTS) is 1. The highest BCUT2D eigenvalue weighted by Gasteiger charge is 2.58. The number of aliphatic carboxylic acids is 1. The van der Waals surface area contributed by atoms with Crippen molar-refractivity contribution in [2.45, 2.75) is 57.0 Å². The van der Waals surface area contributed by atoms with Crippen LogP contribution in [0, 0.1) is 5.41 Å². The molecule has 0 saturated heterocycles. The van der Waals surface area contributed by atoms with E-state index in [0.717, 1.165) is 38.5 Å². The van der Waals surface area contributed by atoms with Gasteiger partial charge in [-0.3, -0.25) is 4.79 Å². The first-order valence-electron chi connectivity index (χ1n) is 5.52. The Kier molecular flexibility index (Phi) is 2.30. The van der Waals surface area contributed by atoms with Crippen LogP contribution in [-0.2, 0) is 4.79 Å². The summed E-state index contributed by atoms with van der Waals surface area (Å²) in [6, 6.07) is 0. The molecule has 0 aliphatic heterocycles. The maximum atomic E-state index is 10.7. The lowest BCUT2D eigenvalue weighted by atomic mass is 9.77. The maximum absolute atomic E-state index is 10.7. The standard InChI is InChI=1S/C11H18O3/c12-9(13)8-11(14)5-3-1-2-4-10(11)6-7-10/h14H,1-8H2,(H,12,13). The number of aliphatic hydroxyl groups is 1. The van der Waals surface area contributed by atoms with Crippen molar-refractivity contribution in [1.29, 1.82) is 0 Å². The zero-order valence-corrected chi connectivity index (χ0v) is 8.46. The van der Waals surface area contributed by atoms with E-state index in [9.17, 15) is 9.90 Å². The van der Waals surface area contributed by atoms with Crippen molar-refractivity contribution < 1.29 is 15.0 Å². The molecular weight excluding hydrogens is 180 g/mol.